The summed E-state index contributed by atoms with van der Waals surface area (Å²) in [5.74, 6) is 0. The van der Waals surface area contributed by atoms with E-state index in [-0.39, 0.29) is 0 Å². The number of hydrogen-bond donors (Lipinski definition) is 0. The van der Waals surface area contributed by atoms with E-state index >= 15 is 0 Å². The fraction of sp³-hybridized carbons (Fsp3) is 0.750. The molecule has 2 nitrogen and oxygen atoms in total. The molecule has 0 saturated carbocycles. The smallest absolute Gasteiger partial charge is 0.0874 e. The van der Waals surface area contributed by atoms with Crippen LogP contribution in [0.1, 0.15) is 19.8 Å². The van der Waals surface area contributed by atoms with Crippen LogP contribution in [-0.2, 0) is 9.47 Å². The van der Waals surface area contributed by atoms with Gasteiger partial charge in [0.2, 0.25) is 0 Å². The Hall–Kier alpha value is -0.500. The highest BCUT2D eigenvalue weighted by molar-refractivity contribution is 4.69. The average Bonchev–Trinajstić information content (AvgIpc) is 2.71. The van der Waals surface area contributed by atoms with Crippen LogP contribution in [-0.4, -0.2) is 19.3 Å². The Morgan fingerprint density at radius 1 is 1.70 bits per heavy atom. The number of ether oxygens (including phenoxy) is 2. The lowest BCUT2D eigenvalue weighted by Crippen LogP contribution is -1.91. The SMILES string of the molecule is C/C=C/OCCCC1CO1. The van der Waals surface area contributed by atoms with Crippen LogP contribution in [0.25, 0.3) is 0 Å². The third kappa shape index (κ3) is 3.51. The fourth-order valence-electron chi connectivity index (χ4n) is 0.793. The molecule has 0 aromatic heterocycles. The molecule has 1 saturated heterocycles. The van der Waals surface area contributed by atoms with E-state index in [9.17, 15) is 0 Å². The summed E-state index contributed by atoms with van der Waals surface area (Å²) < 4.78 is 10.2. The molecule has 1 fully saturated rings. The first-order chi connectivity index (χ1) is 4.93. The second-order valence-electron chi connectivity index (χ2n) is 2.44. The molecule has 1 aliphatic heterocycles. The normalized spacial score (nSPS) is 23.5. The van der Waals surface area contributed by atoms with Crippen molar-refractivity contribution in [2.75, 3.05) is 13.2 Å². The van der Waals surface area contributed by atoms with Gasteiger partial charge in [0.25, 0.3) is 0 Å². The van der Waals surface area contributed by atoms with Gasteiger partial charge in [0.15, 0.2) is 0 Å². The molecule has 0 bridgehead atoms. The van der Waals surface area contributed by atoms with E-state index in [2.05, 4.69) is 0 Å². The molecule has 0 aromatic rings. The molecule has 0 aromatic carbocycles. The van der Waals surface area contributed by atoms with Crippen LogP contribution in [0.15, 0.2) is 12.3 Å². The molecule has 58 valence electrons. The number of allylic oxidation sites excluding steroid dienone is 1. The van der Waals surface area contributed by atoms with Crippen LogP contribution in [0, 0.1) is 0 Å². The van der Waals surface area contributed by atoms with Crippen LogP contribution < -0.4 is 0 Å². The highest BCUT2D eigenvalue weighted by Crippen LogP contribution is 2.14. The molecular formula is C8H14O2. The van der Waals surface area contributed by atoms with Crippen LogP contribution >= 0.6 is 0 Å². The predicted molar refractivity (Wildman–Crippen MR) is 39.7 cm³/mol. The zero-order valence-electron chi connectivity index (χ0n) is 6.38. The quantitative estimate of drug-likeness (QED) is 0.331. The maximum Gasteiger partial charge on any atom is 0.0874 e. The molecule has 0 amide bonds. The first-order valence-corrected chi connectivity index (χ1v) is 3.78. The standard InChI is InChI=1S/C8H14O2/c1-2-5-9-6-3-4-8-7-10-8/h2,5,8H,3-4,6-7H2,1H3/b5-2+. The van der Waals surface area contributed by atoms with Crippen molar-refractivity contribution in [2.45, 2.75) is 25.9 Å². The van der Waals surface area contributed by atoms with Gasteiger partial charge in [-0.05, 0) is 19.8 Å². The summed E-state index contributed by atoms with van der Waals surface area (Å²) >= 11 is 0. The highest BCUT2D eigenvalue weighted by atomic mass is 16.6. The third-order valence-electron chi connectivity index (χ3n) is 1.42. The van der Waals surface area contributed by atoms with E-state index in [1.54, 1.807) is 6.26 Å². The molecule has 0 N–H and O–H groups in total. The molecule has 2 heteroatoms. The van der Waals surface area contributed by atoms with Crippen LogP contribution in [0.5, 0.6) is 0 Å². The summed E-state index contributed by atoms with van der Waals surface area (Å²) in [4.78, 5) is 0. The van der Waals surface area contributed by atoms with Gasteiger partial charge < -0.3 is 9.47 Å². The summed E-state index contributed by atoms with van der Waals surface area (Å²) in [5, 5.41) is 0. The average molecular weight is 142 g/mol. The van der Waals surface area contributed by atoms with Crippen molar-refractivity contribution in [3.63, 3.8) is 0 Å². The summed E-state index contributed by atoms with van der Waals surface area (Å²) in [6.45, 7) is 3.73. The number of rotatable bonds is 5. The molecule has 1 rings (SSSR count). The van der Waals surface area contributed by atoms with E-state index in [1.165, 1.54) is 0 Å². The van der Waals surface area contributed by atoms with Gasteiger partial charge in [-0.3, -0.25) is 0 Å². The predicted octanol–water partition coefficient (Wildman–Crippen LogP) is 1.72. The summed E-state index contributed by atoms with van der Waals surface area (Å²) in [7, 11) is 0. The Kier molecular flexibility index (Phi) is 3.30. The molecule has 0 aliphatic carbocycles. The molecule has 0 spiro atoms. The highest BCUT2D eigenvalue weighted by Gasteiger charge is 2.20. The van der Waals surface area contributed by atoms with E-state index in [0.29, 0.717) is 6.10 Å². The van der Waals surface area contributed by atoms with Crippen molar-refractivity contribution in [3.8, 4) is 0 Å². The van der Waals surface area contributed by atoms with E-state index in [1.807, 2.05) is 13.0 Å². The molecular weight excluding hydrogens is 128 g/mol. The first-order valence-electron chi connectivity index (χ1n) is 3.78. The lowest BCUT2D eigenvalue weighted by atomic mass is 10.3. The molecule has 10 heavy (non-hydrogen) atoms. The van der Waals surface area contributed by atoms with E-state index in [4.69, 9.17) is 9.47 Å². The van der Waals surface area contributed by atoms with Crippen molar-refractivity contribution in [2.24, 2.45) is 0 Å². The van der Waals surface area contributed by atoms with Crippen LogP contribution in [0.3, 0.4) is 0 Å². The number of epoxide rings is 1. The second-order valence-corrected chi connectivity index (χ2v) is 2.44. The Labute approximate surface area is 61.8 Å². The van der Waals surface area contributed by atoms with Gasteiger partial charge >= 0.3 is 0 Å². The topological polar surface area (TPSA) is 21.8 Å². The van der Waals surface area contributed by atoms with Crippen LogP contribution in [0.2, 0.25) is 0 Å². The van der Waals surface area contributed by atoms with E-state index in [0.717, 1.165) is 26.1 Å². The Balaban J connectivity index is 1.76. The first kappa shape index (κ1) is 7.61. The zero-order valence-corrected chi connectivity index (χ0v) is 6.38. The minimum Gasteiger partial charge on any atom is -0.502 e. The Morgan fingerprint density at radius 2 is 2.50 bits per heavy atom. The van der Waals surface area contributed by atoms with Gasteiger partial charge in [-0.2, -0.15) is 0 Å². The summed E-state index contributed by atoms with van der Waals surface area (Å²) in [5.41, 5.74) is 0. The molecule has 1 aliphatic rings. The maximum atomic E-state index is 5.12. The van der Waals surface area contributed by atoms with Crippen molar-refractivity contribution >= 4 is 0 Å². The zero-order chi connectivity index (χ0) is 7.23. The molecule has 1 atom stereocenters. The van der Waals surface area contributed by atoms with Crippen molar-refractivity contribution in [3.05, 3.63) is 12.3 Å². The maximum absolute atomic E-state index is 5.12. The van der Waals surface area contributed by atoms with Gasteiger partial charge in [0.1, 0.15) is 0 Å². The van der Waals surface area contributed by atoms with Crippen molar-refractivity contribution in [1.29, 1.82) is 0 Å². The Morgan fingerprint density at radius 3 is 3.10 bits per heavy atom. The largest absolute Gasteiger partial charge is 0.502 e. The minimum atomic E-state index is 0.550. The summed E-state index contributed by atoms with van der Waals surface area (Å²) in [6.07, 6.45) is 6.43. The van der Waals surface area contributed by atoms with E-state index < -0.39 is 0 Å². The fourth-order valence-corrected chi connectivity index (χ4v) is 0.793. The third-order valence-corrected chi connectivity index (χ3v) is 1.42. The van der Waals surface area contributed by atoms with Gasteiger partial charge in [0, 0.05) is 0 Å². The molecule has 0 radical (unpaired) electrons. The molecule has 1 unspecified atom stereocenters. The van der Waals surface area contributed by atoms with Gasteiger partial charge in [0.05, 0.1) is 25.6 Å². The monoisotopic (exact) mass is 142 g/mol. The Bertz CT molecular complexity index is 106. The lowest BCUT2D eigenvalue weighted by Gasteiger charge is -1.96. The van der Waals surface area contributed by atoms with Crippen molar-refractivity contribution in [1.82, 2.24) is 0 Å². The van der Waals surface area contributed by atoms with Crippen LogP contribution in [0.4, 0.5) is 0 Å². The van der Waals surface area contributed by atoms with Crippen molar-refractivity contribution < 1.29 is 9.47 Å². The van der Waals surface area contributed by atoms with Gasteiger partial charge in [-0.15, -0.1) is 0 Å². The lowest BCUT2D eigenvalue weighted by molar-refractivity contribution is 0.235. The number of hydrogen-bond acceptors (Lipinski definition) is 2. The van der Waals surface area contributed by atoms with Gasteiger partial charge in [-0.25, -0.2) is 0 Å². The minimum absolute atomic E-state index is 0.550. The second kappa shape index (κ2) is 4.34. The molecule has 1 heterocycles. The summed E-state index contributed by atoms with van der Waals surface area (Å²) in [6, 6.07) is 0. The van der Waals surface area contributed by atoms with Gasteiger partial charge in [-0.1, -0.05) is 6.08 Å².